The lowest BCUT2D eigenvalue weighted by Gasteiger charge is -2.25. The highest BCUT2D eigenvalue weighted by molar-refractivity contribution is 6.52. The largest absolute Gasteiger partial charge is 0.497 e. The number of rotatable bonds is 8. The summed E-state index contributed by atoms with van der Waals surface area (Å²) in [6.07, 6.45) is 0. The number of aryl methyl sites for hydroxylation is 1. The first-order valence-corrected chi connectivity index (χ1v) is 11.1. The molecule has 8 nitrogen and oxygen atoms in total. The molecule has 0 bridgehead atoms. The Labute approximate surface area is 203 Å². The zero-order valence-corrected chi connectivity index (χ0v) is 19.5. The van der Waals surface area contributed by atoms with Crippen LogP contribution in [0.5, 0.6) is 5.75 Å². The average molecular weight is 472 g/mol. The Morgan fingerprint density at radius 2 is 1.63 bits per heavy atom. The highest BCUT2D eigenvalue weighted by Crippen LogP contribution is 2.28. The smallest absolute Gasteiger partial charge is 0.299 e. The highest BCUT2D eigenvalue weighted by Gasteiger charge is 2.37. The molecule has 0 unspecified atom stereocenters. The molecular weight excluding hydrogens is 446 g/mol. The molecule has 3 amide bonds. The van der Waals surface area contributed by atoms with E-state index in [-0.39, 0.29) is 31.1 Å². The molecule has 1 N–H and O–H groups in total. The molecule has 3 aromatic rings. The van der Waals surface area contributed by atoms with Crippen molar-refractivity contribution in [1.29, 1.82) is 0 Å². The number of carbonyl (C=O) groups is 4. The third-order valence-electron chi connectivity index (χ3n) is 5.73. The Bertz CT molecular complexity index is 1270. The number of benzene rings is 3. The van der Waals surface area contributed by atoms with Gasteiger partial charge in [-0.3, -0.25) is 24.1 Å². The van der Waals surface area contributed by atoms with Gasteiger partial charge in [-0.1, -0.05) is 42.0 Å². The van der Waals surface area contributed by atoms with Crippen LogP contribution in [-0.4, -0.2) is 48.6 Å². The van der Waals surface area contributed by atoms with E-state index in [1.165, 1.54) is 9.80 Å². The molecule has 0 fully saturated rings. The number of anilines is 2. The quantitative estimate of drug-likeness (QED) is 0.509. The van der Waals surface area contributed by atoms with Crippen LogP contribution in [0, 0.1) is 6.92 Å². The van der Waals surface area contributed by atoms with Gasteiger partial charge in [0, 0.05) is 12.2 Å². The molecule has 0 saturated carbocycles. The molecule has 4 rings (SSSR count). The molecule has 1 aliphatic rings. The Kier molecular flexibility index (Phi) is 6.91. The van der Waals surface area contributed by atoms with Crippen molar-refractivity contribution in [2.24, 2.45) is 0 Å². The first kappa shape index (κ1) is 23.7. The molecule has 0 spiro atoms. The second kappa shape index (κ2) is 10.2. The number of hydrogen-bond acceptors (Lipinski definition) is 5. The van der Waals surface area contributed by atoms with E-state index in [9.17, 15) is 19.2 Å². The van der Waals surface area contributed by atoms with Gasteiger partial charge in [-0.05, 0) is 48.9 Å². The van der Waals surface area contributed by atoms with Gasteiger partial charge >= 0.3 is 0 Å². The fourth-order valence-electron chi connectivity index (χ4n) is 3.83. The first-order chi connectivity index (χ1) is 16.9. The number of ether oxygens (including phenoxy) is 1. The summed E-state index contributed by atoms with van der Waals surface area (Å²) in [4.78, 5) is 53.5. The number of nitrogens with zero attached hydrogens (tertiary/aromatic N) is 2. The van der Waals surface area contributed by atoms with Crippen molar-refractivity contribution in [3.05, 3.63) is 89.5 Å². The molecule has 1 heterocycles. The van der Waals surface area contributed by atoms with Crippen molar-refractivity contribution in [3.8, 4) is 5.75 Å². The second-order valence-electron chi connectivity index (χ2n) is 8.25. The predicted octanol–water partition coefficient (Wildman–Crippen LogP) is 3.20. The lowest BCUT2D eigenvalue weighted by Crippen LogP contribution is -2.45. The molecule has 35 heavy (non-hydrogen) atoms. The van der Waals surface area contributed by atoms with Gasteiger partial charge in [0.15, 0.2) is 0 Å². The molecule has 0 aliphatic carbocycles. The number of amides is 3. The second-order valence-corrected chi connectivity index (χ2v) is 8.25. The van der Waals surface area contributed by atoms with Crippen molar-refractivity contribution in [1.82, 2.24) is 4.90 Å². The van der Waals surface area contributed by atoms with E-state index in [0.717, 1.165) is 11.1 Å². The number of carbonyl (C=O) groups excluding carboxylic acids is 4. The topological polar surface area (TPSA) is 96.0 Å². The fraction of sp³-hybridized carbons (Fsp3) is 0.185. The molecule has 3 aromatic carbocycles. The van der Waals surface area contributed by atoms with Gasteiger partial charge in [-0.25, -0.2) is 0 Å². The molecule has 1 aliphatic heterocycles. The van der Waals surface area contributed by atoms with E-state index in [4.69, 9.17) is 4.74 Å². The van der Waals surface area contributed by atoms with Crippen LogP contribution in [0.25, 0.3) is 0 Å². The van der Waals surface area contributed by atoms with Gasteiger partial charge in [0.2, 0.25) is 11.8 Å². The molecule has 178 valence electrons. The number of para-hydroxylation sites is 1. The van der Waals surface area contributed by atoms with Crippen LogP contribution in [0.4, 0.5) is 11.4 Å². The summed E-state index contributed by atoms with van der Waals surface area (Å²) >= 11 is 0. The maximum absolute atomic E-state index is 13.3. The number of fused-ring (bicyclic) bond motifs is 1. The van der Waals surface area contributed by atoms with E-state index in [2.05, 4.69) is 5.32 Å². The Balaban J connectivity index is 1.52. The van der Waals surface area contributed by atoms with E-state index in [1.807, 2.05) is 31.2 Å². The average Bonchev–Trinajstić information content (AvgIpc) is 3.10. The summed E-state index contributed by atoms with van der Waals surface area (Å²) in [5.74, 6) is -1.58. The van der Waals surface area contributed by atoms with E-state index in [0.29, 0.717) is 17.1 Å². The maximum atomic E-state index is 13.3. The third-order valence-corrected chi connectivity index (χ3v) is 5.73. The standard InChI is InChI=1S/C27H25N3O5/c1-18-7-9-19(10-8-18)15-29(16-24(31)28-20-11-13-21(35-2)14-12-20)25(32)17-30-23-6-4-3-5-22(23)26(33)27(30)34/h3-14H,15-17H2,1-2H3,(H,28,31). The summed E-state index contributed by atoms with van der Waals surface area (Å²) in [7, 11) is 1.55. The van der Waals surface area contributed by atoms with Gasteiger partial charge in [0.25, 0.3) is 11.7 Å². The predicted molar refractivity (Wildman–Crippen MR) is 131 cm³/mol. The summed E-state index contributed by atoms with van der Waals surface area (Å²) in [5.41, 5.74) is 3.14. The molecular formula is C27H25N3O5. The van der Waals surface area contributed by atoms with Crippen molar-refractivity contribution in [2.75, 3.05) is 30.4 Å². The SMILES string of the molecule is COc1ccc(NC(=O)CN(Cc2ccc(C)cc2)C(=O)CN2C(=O)C(=O)c3ccccc32)cc1. The van der Waals surface area contributed by atoms with Crippen LogP contribution >= 0.6 is 0 Å². The number of nitrogens with one attached hydrogen (secondary N) is 1. The lowest BCUT2D eigenvalue weighted by atomic mass is 10.1. The van der Waals surface area contributed by atoms with Gasteiger partial charge in [-0.2, -0.15) is 0 Å². The number of hydrogen-bond donors (Lipinski definition) is 1. The normalized spacial score (nSPS) is 12.3. The van der Waals surface area contributed by atoms with Crippen molar-refractivity contribution >= 4 is 34.9 Å². The molecule has 0 atom stereocenters. The van der Waals surface area contributed by atoms with Crippen LogP contribution in [0.3, 0.4) is 0 Å². The first-order valence-electron chi connectivity index (χ1n) is 11.1. The number of methoxy groups -OCH3 is 1. The number of ketones is 1. The zero-order valence-electron chi connectivity index (χ0n) is 19.5. The lowest BCUT2D eigenvalue weighted by molar-refractivity contribution is -0.134. The van der Waals surface area contributed by atoms with Crippen LogP contribution in [0.15, 0.2) is 72.8 Å². The molecule has 0 saturated heterocycles. The minimum atomic E-state index is -0.752. The van der Waals surface area contributed by atoms with Gasteiger partial charge in [0.1, 0.15) is 18.8 Å². The Morgan fingerprint density at radius 1 is 0.943 bits per heavy atom. The summed E-state index contributed by atoms with van der Waals surface area (Å²) in [5, 5.41) is 2.78. The summed E-state index contributed by atoms with van der Waals surface area (Å²) in [6, 6.07) is 21.0. The molecule has 0 radical (unpaired) electrons. The summed E-state index contributed by atoms with van der Waals surface area (Å²) < 4.78 is 5.13. The minimum absolute atomic E-state index is 0.173. The van der Waals surface area contributed by atoms with Gasteiger partial charge in [-0.15, -0.1) is 0 Å². The van der Waals surface area contributed by atoms with Crippen LogP contribution < -0.4 is 15.0 Å². The maximum Gasteiger partial charge on any atom is 0.299 e. The van der Waals surface area contributed by atoms with Gasteiger partial charge < -0.3 is 15.0 Å². The summed E-state index contributed by atoms with van der Waals surface area (Å²) in [6.45, 7) is 1.56. The molecule has 8 heteroatoms. The van der Waals surface area contributed by atoms with E-state index < -0.39 is 17.6 Å². The van der Waals surface area contributed by atoms with Crippen LogP contribution in [0.1, 0.15) is 21.5 Å². The van der Waals surface area contributed by atoms with Crippen molar-refractivity contribution < 1.29 is 23.9 Å². The van der Waals surface area contributed by atoms with Gasteiger partial charge in [0.05, 0.1) is 18.4 Å². The van der Waals surface area contributed by atoms with Crippen LogP contribution in [-0.2, 0) is 20.9 Å². The Hall–Kier alpha value is -4.46. The highest BCUT2D eigenvalue weighted by atomic mass is 16.5. The van der Waals surface area contributed by atoms with E-state index >= 15 is 0 Å². The minimum Gasteiger partial charge on any atom is -0.497 e. The number of Topliss-reactive ketones (excluding diaryl/α,β-unsaturated/α-hetero) is 1. The zero-order chi connectivity index (χ0) is 24.9. The third kappa shape index (κ3) is 5.38. The molecule has 0 aromatic heterocycles. The fourth-order valence-corrected chi connectivity index (χ4v) is 3.83. The van der Waals surface area contributed by atoms with Crippen molar-refractivity contribution in [2.45, 2.75) is 13.5 Å². The van der Waals surface area contributed by atoms with Crippen molar-refractivity contribution in [3.63, 3.8) is 0 Å². The van der Waals surface area contributed by atoms with Crippen LogP contribution in [0.2, 0.25) is 0 Å². The Morgan fingerprint density at radius 3 is 2.31 bits per heavy atom. The van der Waals surface area contributed by atoms with E-state index in [1.54, 1.807) is 55.6 Å². The monoisotopic (exact) mass is 471 g/mol.